The van der Waals surface area contributed by atoms with Crippen LogP contribution in [0.15, 0.2) is 30.5 Å². The van der Waals surface area contributed by atoms with E-state index in [0.717, 1.165) is 33.4 Å². The van der Waals surface area contributed by atoms with Crippen molar-refractivity contribution in [3.05, 3.63) is 46.7 Å². The second kappa shape index (κ2) is 5.47. The Hall–Kier alpha value is -1.91. The van der Waals surface area contributed by atoms with Gasteiger partial charge in [0.15, 0.2) is 0 Å². The maximum absolute atomic E-state index is 9.01. The van der Waals surface area contributed by atoms with Crippen molar-refractivity contribution in [1.82, 2.24) is 14.8 Å². The number of aryl methyl sites for hydroxylation is 2. The Kier molecular flexibility index (Phi) is 3.66. The van der Waals surface area contributed by atoms with Gasteiger partial charge in [0.25, 0.3) is 0 Å². The lowest BCUT2D eigenvalue weighted by Gasteiger charge is -2.06. The molecule has 0 unspecified atom stereocenters. The van der Waals surface area contributed by atoms with Crippen LogP contribution in [0, 0.1) is 13.8 Å². The molecule has 0 saturated carbocycles. The number of hydrogen-bond acceptors (Lipinski definition) is 3. The highest BCUT2D eigenvalue weighted by atomic mass is 35.5. The standard InChI is InChI=1S/C16H16ClN3O/c1-10-7-16(14-9-20(5-6-21)19-11(14)2)18-15-4-3-12(17)8-13(10)15/h3-4,7-9,21H,5-6H2,1-2H3. The first-order valence-corrected chi connectivity index (χ1v) is 7.18. The number of aromatic nitrogens is 3. The second-order valence-electron chi connectivity index (χ2n) is 5.10. The van der Waals surface area contributed by atoms with Crippen LogP contribution in [0.1, 0.15) is 11.3 Å². The largest absolute Gasteiger partial charge is 0.394 e. The molecule has 0 radical (unpaired) electrons. The molecule has 108 valence electrons. The quantitative estimate of drug-likeness (QED) is 0.807. The third-order valence-corrected chi connectivity index (χ3v) is 3.76. The van der Waals surface area contributed by atoms with E-state index in [1.54, 1.807) is 4.68 Å². The molecule has 0 aliphatic carbocycles. The Balaban J connectivity index is 2.14. The maximum Gasteiger partial charge on any atom is 0.0746 e. The van der Waals surface area contributed by atoms with E-state index >= 15 is 0 Å². The van der Waals surface area contributed by atoms with Gasteiger partial charge in [-0.15, -0.1) is 0 Å². The van der Waals surface area contributed by atoms with E-state index < -0.39 is 0 Å². The number of hydrogen-bond donors (Lipinski definition) is 1. The van der Waals surface area contributed by atoms with Gasteiger partial charge in [0, 0.05) is 22.2 Å². The van der Waals surface area contributed by atoms with Crippen LogP contribution in [0.25, 0.3) is 22.2 Å². The zero-order valence-corrected chi connectivity index (χ0v) is 12.7. The molecular weight excluding hydrogens is 286 g/mol. The molecular formula is C16H16ClN3O. The fraction of sp³-hybridized carbons (Fsp3) is 0.250. The summed E-state index contributed by atoms with van der Waals surface area (Å²) in [7, 11) is 0. The first kappa shape index (κ1) is 14.0. The summed E-state index contributed by atoms with van der Waals surface area (Å²) in [4.78, 5) is 4.71. The van der Waals surface area contributed by atoms with Crippen molar-refractivity contribution < 1.29 is 5.11 Å². The van der Waals surface area contributed by atoms with Crippen molar-refractivity contribution in [2.45, 2.75) is 20.4 Å². The van der Waals surface area contributed by atoms with Gasteiger partial charge in [0.2, 0.25) is 0 Å². The number of nitrogens with zero attached hydrogens (tertiary/aromatic N) is 3. The fourth-order valence-corrected chi connectivity index (χ4v) is 2.66. The Labute approximate surface area is 128 Å². The first-order valence-electron chi connectivity index (χ1n) is 6.80. The highest BCUT2D eigenvalue weighted by molar-refractivity contribution is 6.31. The summed E-state index contributed by atoms with van der Waals surface area (Å²) in [6.45, 7) is 4.57. The minimum Gasteiger partial charge on any atom is -0.394 e. The van der Waals surface area contributed by atoms with Crippen LogP contribution in [0.3, 0.4) is 0 Å². The molecule has 0 aliphatic heterocycles. The van der Waals surface area contributed by atoms with Crippen molar-refractivity contribution in [2.24, 2.45) is 0 Å². The highest BCUT2D eigenvalue weighted by Crippen LogP contribution is 2.27. The smallest absolute Gasteiger partial charge is 0.0746 e. The van der Waals surface area contributed by atoms with Gasteiger partial charge in [-0.05, 0) is 43.7 Å². The average Bonchev–Trinajstić information content (AvgIpc) is 2.81. The molecule has 0 saturated heterocycles. The molecule has 0 fully saturated rings. The van der Waals surface area contributed by atoms with Crippen LogP contribution in [0.2, 0.25) is 5.02 Å². The minimum absolute atomic E-state index is 0.0727. The molecule has 1 N–H and O–H groups in total. The van der Waals surface area contributed by atoms with Crippen LogP contribution in [-0.4, -0.2) is 26.5 Å². The number of fused-ring (bicyclic) bond motifs is 1. The van der Waals surface area contributed by atoms with Crippen molar-refractivity contribution in [3.8, 4) is 11.3 Å². The Bertz CT molecular complexity index is 811. The van der Waals surface area contributed by atoms with Crippen LogP contribution >= 0.6 is 11.6 Å². The van der Waals surface area contributed by atoms with Gasteiger partial charge in [-0.25, -0.2) is 4.98 Å². The molecule has 3 aromatic rings. The topological polar surface area (TPSA) is 50.9 Å². The van der Waals surface area contributed by atoms with Gasteiger partial charge in [-0.1, -0.05) is 11.6 Å². The molecule has 4 nitrogen and oxygen atoms in total. The van der Waals surface area contributed by atoms with Gasteiger partial charge in [0.1, 0.15) is 0 Å². The molecule has 5 heteroatoms. The molecule has 2 heterocycles. The molecule has 1 aromatic carbocycles. The number of aliphatic hydroxyl groups is 1. The number of halogens is 1. The highest BCUT2D eigenvalue weighted by Gasteiger charge is 2.11. The third kappa shape index (κ3) is 2.64. The van der Waals surface area contributed by atoms with Crippen molar-refractivity contribution in [3.63, 3.8) is 0 Å². The third-order valence-electron chi connectivity index (χ3n) is 3.53. The monoisotopic (exact) mass is 301 g/mol. The van der Waals surface area contributed by atoms with Gasteiger partial charge >= 0.3 is 0 Å². The predicted molar refractivity (Wildman–Crippen MR) is 84.5 cm³/mol. The molecule has 0 amide bonds. The van der Waals surface area contributed by atoms with Crippen molar-refractivity contribution >= 4 is 22.5 Å². The zero-order valence-electron chi connectivity index (χ0n) is 12.0. The molecule has 3 rings (SSSR count). The molecule has 0 spiro atoms. The Morgan fingerprint density at radius 3 is 2.81 bits per heavy atom. The summed E-state index contributed by atoms with van der Waals surface area (Å²) in [5.41, 5.74) is 4.84. The summed E-state index contributed by atoms with van der Waals surface area (Å²) in [6.07, 6.45) is 1.93. The van der Waals surface area contributed by atoms with Crippen LogP contribution < -0.4 is 0 Å². The van der Waals surface area contributed by atoms with Crippen LogP contribution in [0.5, 0.6) is 0 Å². The van der Waals surface area contributed by atoms with Gasteiger partial charge in [0.05, 0.1) is 30.1 Å². The normalized spacial score (nSPS) is 11.2. The van der Waals surface area contributed by atoms with E-state index in [2.05, 4.69) is 12.0 Å². The van der Waals surface area contributed by atoms with E-state index in [1.807, 2.05) is 37.4 Å². The number of aliphatic hydroxyl groups excluding tert-OH is 1. The van der Waals surface area contributed by atoms with E-state index in [9.17, 15) is 0 Å². The van der Waals surface area contributed by atoms with E-state index in [1.165, 1.54) is 0 Å². The summed E-state index contributed by atoms with van der Waals surface area (Å²) in [6, 6.07) is 7.76. The number of benzene rings is 1. The fourth-order valence-electron chi connectivity index (χ4n) is 2.49. The summed E-state index contributed by atoms with van der Waals surface area (Å²) in [5.74, 6) is 0. The van der Waals surface area contributed by atoms with Gasteiger partial charge in [-0.2, -0.15) is 5.10 Å². The lowest BCUT2D eigenvalue weighted by molar-refractivity contribution is 0.269. The Morgan fingerprint density at radius 1 is 1.24 bits per heavy atom. The summed E-state index contributed by atoms with van der Waals surface area (Å²) in [5, 5.41) is 15.2. The van der Waals surface area contributed by atoms with Crippen molar-refractivity contribution in [2.75, 3.05) is 6.61 Å². The summed E-state index contributed by atoms with van der Waals surface area (Å²) >= 11 is 6.05. The second-order valence-corrected chi connectivity index (χ2v) is 5.54. The average molecular weight is 302 g/mol. The Morgan fingerprint density at radius 2 is 2.05 bits per heavy atom. The van der Waals surface area contributed by atoms with Crippen LogP contribution in [-0.2, 0) is 6.54 Å². The van der Waals surface area contributed by atoms with Crippen molar-refractivity contribution in [1.29, 1.82) is 0 Å². The predicted octanol–water partition coefficient (Wildman–Crippen LogP) is 3.36. The number of pyridine rings is 1. The van der Waals surface area contributed by atoms with E-state index in [0.29, 0.717) is 11.6 Å². The van der Waals surface area contributed by atoms with Crippen LogP contribution in [0.4, 0.5) is 0 Å². The van der Waals surface area contributed by atoms with E-state index in [-0.39, 0.29) is 6.61 Å². The molecule has 2 aromatic heterocycles. The first-order chi connectivity index (χ1) is 10.1. The zero-order chi connectivity index (χ0) is 15.0. The van der Waals surface area contributed by atoms with Gasteiger partial charge < -0.3 is 5.11 Å². The minimum atomic E-state index is 0.0727. The maximum atomic E-state index is 9.01. The van der Waals surface area contributed by atoms with E-state index in [4.69, 9.17) is 21.7 Å². The number of rotatable bonds is 3. The molecule has 0 bridgehead atoms. The molecule has 0 aliphatic rings. The summed E-state index contributed by atoms with van der Waals surface area (Å²) < 4.78 is 1.74. The lowest BCUT2D eigenvalue weighted by atomic mass is 10.1. The lowest BCUT2D eigenvalue weighted by Crippen LogP contribution is -2.02. The molecule has 0 atom stereocenters. The molecule has 21 heavy (non-hydrogen) atoms. The van der Waals surface area contributed by atoms with Gasteiger partial charge in [-0.3, -0.25) is 4.68 Å². The SMILES string of the molecule is Cc1nn(CCO)cc1-c1cc(C)c2cc(Cl)ccc2n1.